The van der Waals surface area contributed by atoms with Gasteiger partial charge in [0.25, 0.3) is 0 Å². The smallest absolute Gasteiger partial charge is 0.226 e. The highest BCUT2D eigenvalue weighted by Crippen LogP contribution is 2.27. The predicted molar refractivity (Wildman–Crippen MR) is 139 cm³/mol. The molecule has 3 aromatic rings. The molecule has 0 fully saturated rings. The van der Waals surface area contributed by atoms with Crippen LogP contribution in [-0.4, -0.2) is 30.8 Å². The molecule has 0 aliphatic rings. The van der Waals surface area contributed by atoms with Crippen molar-refractivity contribution < 1.29 is 19.0 Å². The van der Waals surface area contributed by atoms with E-state index in [2.05, 4.69) is 10.6 Å². The number of thiocarbonyl (C=S) groups is 1. The van der Waals surface area contributed by atoms with Crippen molar-refractivity contribution in [3.8, 4) is 17.2 Å². The molecule has 0 aromatic heterocycles. The lowest BCUT2D eigenvalue weighted by Gasteiger charge is -2.15. The average molecular weight is 519 g/mol. The van der Waals surface area contributed by atoms with Gasteiger partial charge in [-0.1, -0.05) is 53.5 Å². The van der Waals surface area contributed by atoms with E-state index in [4.69, 9.17) is 49.6 Å². The van der Waals surface area contributed by atoms with E-state index in [1.54, 1.807) is 18.2 Å². The third-order valence-corrected chi connectivity index (χ3v) is 5.18. The number of hydrogen-bond donors (Lipinski definition) is 2. The Morgan fingerprint density at radius 2 is 1.53 bits per heavy atom. The minimum Gasteiger partial charge on any atom is -0.492 e. The molecule has 1 amide bonds. The largest absolute Gasteiger partial charge is 0.492 e. The fraction of sp³-hybridized carbons (Fsp3) is 0.200. The molecule has 2 N–H and O–H groups in total. The van der Waals surface area contributed by atoms with Crippen LogP contribution < -0.4 is 24.8 Å². The van der Waals surface area contributed by atoms with Crippen LogP contribution in [0.3, 0.4) is 0 Å². The van der Waals surface area contributed by atoms with Crippen molar-refractivity contribution in [3.63, 3.8) is 0 Å². The van der Waals surface area contributed by atoms with Crippen LogP contribution in [0.15, 0.2) is 72.8 Å². The molecule has 9 heteroatoms. The minimum absolute atomic E-state index is 0.184. The van der Waals surface area contributed by atoms with E-state index in [-0.39, 0.29) is 17.4 Å². The second-order valence-electron chi connectivity index (χ2n) is 7.04. The van der Waals surface area contributed by atoms with E-state index in [0.717, 1.165) is 5.75 Å². The molecule has 0 unspecified atom stereocenters. The van der Waals surface area contributed by atoms with E-state index < -0.39 is 0 Å². The maximum Gasteiger partial charge on any atom is 0.226 e. The molecule has 0 heterocycles. The van der Waals surface area contributed by atoms with E-state index in [1.165, 1.54) is 0 Å². The molecule has 0 aliphatic carbocycles. The number of para-hydroxylation sites is 3. The summed E-state index contributed by atoms with van der Waals surface area (Å²) in [6.07, 6.45) is 0.733. The summed E-state index contributed by atoms with van der Waals surface area (Å²) in [6, 6.07) is 21.8. The highest BCUT2D eigenvalue weighted by molar-refractivity contribution is 7.80. The summed E-state index contributed by atoms with van der Waals surface area (Å²) in [5, 5.41) is 6.81. The zero-order valence-electron chi connectivity index (χ0n) is 18.3. The third-order valence-electron chi connectivity index (χ3n) is 4.44. The van der Waals surface area contributed by atoms with Crippen molar-refractivity contribution in [3.05, 3.63) is 82.8 Å². The van der Waals surface area contributed by atoms with Crippen LogP contribution in [-0.2, 0) is 4.79 Å². The van der Waals surface area contributed by atoms with E-state index in [1.807, 2.05) is 54.6 Å². The SMILES string of the molecule is O=C(CCCOc1ccc(Cl)cc1Cl)NC(=S)Nc1ccccc1OCCOc1ccccc1. The standard InChI is InChI=1S/C25H24Cl2N2O4S/c26-18-12-13-22(20(27)17-18)32-14-6-11-24(30)29-25(34)28-21-9-4-5-10-23(21)33-16-15-31-19-7-2-1-3-8-19/h1-5,7-10,12-13,17H,6,11,14-16H2,(H2,28,29,30,34). The zero-order valence-corrected chi connectivity index (χ0v) is 20.6. The predicted octanol–water partition coefficient (Wildman–Crippen LogP) is 6.12. The molecule has 3 aromatic carbocycles. The highest BCUT2D eigenvalue weighted by Gasteiger charge is 2.09. The van der Waals surface area contributed by atoms with Crippen molar-refractivity contribution in [1.82, 2.24) is 5.32 Å². The van der Waals surface area contributed by atoms with Crippen molar-refractivity contribution >= 4 is 52.1 Å². The summed E-state index contributed by atoms with van der Waals surface area (Å²) in [6.45, 7) is 1.07. The van der Waals surface area contributed by atoms with Gasteiger partial charge < -0.3 is 24.8 Å². The molecule has 0 bridgehead atoms. The zero-order chi connectivity index (χ0) is 24.2. The molecule has 0 saturated heterocycles. The number of carbonyl (C=O) groups excluding carboxylic acids is 1. The molecule has 0 radical (unpaired) electrons. The summed E-state index contributed by atoms with van der Waals surface area (Å²) in [7, 11) is 0. The van der Waals surface area contributed by atoms with Gasteiger partial charge in [0.15, 0.2) is 5.11 Å². The normalized spacial score (nSPS) is 10.3. The topological polar surface area (TPSA) is 68.8 Å². The van der Waals surface area contributed by atoms with Crippen molar-refractivity contribution in [2.75, 3.05) is 25.1 Å². The number of benzene rings is 3. The molecule has 34 heavy (non-hydrogen) atoms. The van der Waals surface area contributed by atoms with Gasteiger partial charge in [-0.15, -0.1) is 0 Å². The molecule has 6 nitrogen and oxygen atoms in total. The summed E-state index contributed by atoms with van der Waals surface area (Å²) in [5.74, 6) is 1.68. The maximum absolute atomic E-state index is 12.2. The monoisotopic (exact) mass is 518 g/mol. The Kier molecular flexibility index (Phi) is 10.3. The van der Waals surface area contributed by atoms with E-state index in [9.17, 15) is 4.79 Å². The van der Waals surface area contributed by atoms with Gasteiger partial charge in [0, 0.05) is 11.4 Å². The fourth-order valence-electron chi connectivity index (χ4n) is 2.87. The van der Waals surface area contributed by atoms with E-state index in [0.29, 0.717) is 53.5 Å². The number of halogens is 2. The van der Waals surface area contributed by atoms with Crippen molar-refractivity contribution in [2.45, 2.75) is 12.8 Å². The molecule has 0 aliphatic heterocycles. The first-order valence-corrected chi connectivity index (χ1v) is 11.8. The lowest BCUT2D eigenvalue weighted by atomic mass is 10.3. The van der Waals surface area contributed by atoms with Gasteiger partial charge in [0.2, 0.25) is 5.91 Å². The van der Waals surface area contributed by atoms with Gasteiger partial charge in [0.05, 0.1) is 17.3 Å². The van der Waals surface area contributed by atoms with Crippen LogP contribution in [0.2, 0.25) is 10.0 Å². The van der Waals surface area contributed by atoms with Crippen molar-refractivity contribution in [2.24, 2.45) is 0 Å². The Labute approximate surface area is 214 Å². The van der Waals surface area contributed by atoms with E-state index >= 15 is 0 Å². The first-order chi connectivity index (χ1) is 16.5. The van der Waals surface area contributed by atoms with Gasteiger partial charge in [-0.05, 0) is 61.1 Å². The molecule has 0 saturated carbocycles. The molecule has 3 rings (SSSR count). The van der Waals surface area contributed by atoms with Crippen LogP contribution in [0.5, 0.6) is 17.2 Å². The number of ether oxygens (including phenoxy) is 3. The Balaban J connectivity index is 1.37. The summed E-state index contributed by atoms with van der Waals surface area (Å²) >= 11 is 17.2. The number of rotatable bonds is 11. The number of carbonyl (C=O) groups is 1. The van der Waals surface area contributed by atoms with Gasteiger partial charge in [-0.2, -0.15) is 0 Å². The Morgan fingerprint density at radius 3 is 2.32 bits per heavy atom. The first-order valence-electron chi connectivity index (χ1n) is 10.6. The number of anilines is 1. The van der Waals surface area contributed by atoms with Crippen LogP contribution in [0, 0.1) is 0 Å². The number of amides is 1. The third kappa shape index (κ3) is 8.74. The number of hydrogen-bond acceptors (Lipinski definition) is 5. The van der Waals surface area contributed by atoms with Crippen LogP contribution in [0.25, 0.3) is 0 Å². The molecule has 0 spiro atoms. The van der Waals surface area contributed by atoms with Crippen LogP contribution >= 0.6 is 35.4 Å². The summed E-state index contributed by atoms with van der Waals surface area (Å²) in [5.41, 5.74) is 0.647. The summed E-state index contributed by atoms with van der Waals surface area (Å²) in [4.78, 5) is 12.2. The molecule has 0 atom stereocenters. The maximum atomic E-state index is 12.2. The Morgan fingerprint density at radius 1 is 0.824 bits per heavy atom. The van der Waals surface area contributed by atoms with Crippen molar-refractivity contribution in [1.29, 1.82) is 0 Å². The summed E-state index contributed by atoms with van der Waals surface area (Å²) < 4.78 is 17.0. The van der Waals surface area contributed by atoms with Crippen LogP contribution in [0.4, 0.5) is 5.69 Å². The fourth-order valence-corrected chi connectivity index (χ4v) is 3.56. The molecular formula is C25H24Cl2N2O4S. The average Bonchev–Trinajstić information content (AvgIpc) is 2.82. The highest BCUT2D eigenvalue weighted by atomic mass is 35.5. The van der Waals surface area contributed by atoms with Gasteiger partial charge in [0.1, 0.15) is 30.5 Å². The van der Waals surface area contributed by atoms with Gasteiger partial charge >= 0.3 is 0 Å². The van der Waals surface area contributed by atoms with Gasteiger partial charge in [-0.25, -0.2) is 0 Å². The molecular weight excluding hydrogens is 495 g/mol. The van der Waals surface area contributed by atoms with Gasteiger partial charge in [-0.3, -0.25) is 4.79 Å². The second-order valence-corrected chi connectivity index (χ2v) is 8.29. The lowest BCUT2D eigenvalue weighted by molar-refractivity contribution is -0.119. The minimum atomic E-state index is -0.224. The lowest BCUT2D eigenvalue weighted by Crippen LogP contribution is -2.34. The molecule has 178 valence electrons. The van der Waals surface area contributed by atoms with Crippen LogP contribution in [0.1, 0.15) is 12.8 Å². The quantitative estimate of drug-likeness (QED) is 0.235. The second kappa shape index (κ2) is 13.6. The first kappa shape index (κ1) is 25.6. The Bertz CT molecular complexity index is 1100. The Hall–Kier alpha value is -3.00. The number of nitrogens with one attached hydrogen (secondary N) is 2.